The highest BCUT2D eigenvalue weighted by atomic mass is 15.3. The van der Waals surface area contributed by atoms with Crippen molar-refractivity contribution in [2.24, 2.45) is 0 Å². The molecule has 1 saturated carbocycles. The number of pyridine rings is 1. The third kappa shape index (κ3) is 1.31. The van der Waals surface area contributed by atoms with Crippen LogP contribution in [0, 0.1) is 0 Å². The Morgan fingerprint density at radius 1 is 1.14 bits per heavy atom. The van der Waals surface area contributed by atoms with Gasteiger partial charge in [-0.3, -0.25) is 9.67 Å². The first-order valence-corrected chi connectivity index (χ1v) is 4.88. The van der Waals surface area contributed by atoms with E-state index in [0.29, 0.717) is 6.04 Å². The van der Waals surface area contributed by atoms with Gasteiger partial charge in [0.2, 0.25) is 0 Å². The molecule has 0 N–H and O–H groups in total. The predicted molar refractivity (Wildman–Crippen MR) is 53.7 cm³/mol. The second kappa shape index (κ2) is 2.94. The molecule has 0 bridgehead atoms. The number of hydrogen-bond acceptors (Lipinski definition) is 2. The van der Waals surface area contributed by atoms with Crippen LogP contribution >= 0.6 is 0 Å². The molecular formula is C11H11N3. The van der Waals surface area contributed by atoms with Crippen LogP contribution in [0.4, 0.5) is 0 Å². The molecule has 3 heteroatoms. The van der Waals surface area contributed by atoms with Gasteiger partial charge in [0.1, 0.15) is 0 Å². The Labute approximate surface area is 82.4 Å². The third-order valence-electron chi connectivity index (χ3n) is 2.54. The third-order valence-corrected chi connectivity index (χ3v) is 2.54. The van der Waals surface area contributed by atoms with Crippen molar-refractivity contribution < 1.29 is 0 Å². The van der Waals surface area contributed by atoms with E-state index >= 15 is 0 Å². The van der Waals surface area contributed by atoms with Gasteiger partial charge in [-0.05, 0) is 30.5 Å². The average Bonchev–Trinajstić information content (AvgIpc) is 2.98. The Bertz CT molecular complexity index is 429. The molecule has 0 atom stereocenters. The molecule has 1 fully saturated rings. The highest BCUT2D eigenvalue weighted by Gasteiger charge is 2.24. The molecule has 0 amide bonds. The average molecular weight is 185 g/mol. The minimum Gasteiger partial charge on any atom is -0.269 e. The summed E-state index contributed by atoms with van der Waals surface area (Å²) in [6.07, 6.45) is 10.2. The maximum absolute atomic E-state index is 4.35. The van der Waals surface area contributed by atoms with Crippen molar-refractivity contribution >= 4 is 0 Å². The maximum atomic E-state index is 4.35. The van der Waals surface area contributed by atoms with Crippen LogP contribution in [0.1, 0.15) is 18.9 Å². The summed E-state index contributed by atoms with van der Waals surface area (Å²) in [4.78, 5) is 4.00. The van der Waals surface area contributed by atoms with E-state index in [4.69, 9.17) is 0 Å². The fourth-order valence-corrected chi connectivity index (χ4v) is 1.57. The Balaban J connectivity index is 1.96. The Morgan fingerprint density at radius 2 is 1.93 bits per heavy atom. The van der Waals surface area contributed by atoms with Gasteiger partial charge >= 0.3 is 0 Å². The van der Waals surface area contributed by atoms with E-state index in [2.05, 4.69) is 21.0 Å². The summed E-state index contributed by atoms with van der Waals surface area (Å²) in [5, 5.41) is 4.35. The quantitative estimate of drug-likeness (QED) is 0.718. The van der Waals surface area contributed by atoms with Gasteiger partial charge in [0.05, 0.1) is 12.2 Å². The van der Waals surface area contributed by atoms with Gasteiger partial charge in [-0.1, -0.05) is 0 Å². The first-order chi connectivity index (χ1) is 6.93. The van der Waals surface area contributed by atoms with Crippen molar-refractivity contribution in [3.05, 3.63) is 36.9 Å². The lowest BCUT2D eigenvalue weighted by Gasteiger charge is -1.95. The van der Waals surface area contributed by atoms with E-state index in [1.807, 2.05) is 30.7 Å². The van der Waals surface area contributed by atoms with Gasteiger partial charge in [0.15, 0.2) is 0 Å². The van der Waals surface area contributed by atoms with E-state index in [-0.39, 0.29) is 0 Å². The molecular weight excluding hydrogens is 174 g/mol. The monoisotopic (exact) mass is 185 g/mol. The Morgan fingerprint density at radius 3 is 2.64 bits per heavy atom. The summed E-state index contributed by atoms with van der Waals surface area (Å²) in [7, 11) is 0. The zero-order valence-electron chi connectivity index (χ0n) is 7.80. The smallest absolute Gasteiger partial charge is 0.0568 e. The molecule has 14 heavy (non-hydrogen) atoms. The van der Waals surface area contributed by atoms with Crippen LogP contribution in [0.2, 0.25) is 0 Å². The van der Waals surface area contributed by atoms with E-state index in [0.717, 1.165) is 0 Å². The van der Waals surface area contributed by atoms with E-state index in [9.17, 15) is 0 Å². The van der Waals surface area contributed by atoms with Crippen molar-refractivity contribution in [1.29, 1.82) is 0 Å². The fourth-order valence-electron chi connectivity index (χ4n) is 1.57. The van der Waals surface area contributed by atoms with Crippen LogP contribution in [-0.2, 0) is 0 Å². The number of rotatable bonds is 2. The van der Waals surface area contributed by atoms with Gasteiger partial charge in [-0.25, -0.2) is 0 Å². The molecule has 0 saturated heterocycles. The summed E-state index contributed by atoms with van der Waals surface area (Å²) < 4.78 is 2.07. The molecule has 70 valence electrons. The Hall–Kier alpha value is -1.64. The lowest BCUT2D eigenvalue weighted by Crippen LogP contribution is -1.91. The summed E-state index contributed by atoms with van der Waals surface area (Å²) in [6.45, 7) is 0. The van der Waals surface area contributed by atoms with Crippen LogP contribution in [-0.4, -0.2) is 14.8 Å². The minimum atomic E-state index is 0.658. The first-order valence-electron chi connectivity index (χ1n) is 4.88. The molecule has 0 aromatic carbocycles. The molecule has 0 spiro atoms. The molecule has 0 unspecified atom stereocenters. The molecule has 1 aliphatic carbocycles. The predicted octanol–water partition coefficient (Wildman–Crippen LogP) is 2.28. The second-order valence-electron chi connectivity index (χ2n) is 3.68. The number of aromatic nitrogens is 3. The largest absolute Gasteiger partial charge is 0.269 e. The molecule has 2 aromatic heterocycles. The zero-order valence-corrected chi connectivity index (χ0v) is 7.80. The summed E-state index contributed by atoms with van der Waals surface area (Å²) >= 11 is 0. The van der Waals surface area contributed by atoms with Crippen molar-refractivity contribution in [3.63, 3.8) is 0 Å². The number of hydrogen-bond donors (Lipinski definition) is 0. The molecule has 1 aliphatic rings. The Kier molecular flexibility index (Phi) is 1.63. The normalized spacial score (nSPS) is 15.7. The van der Waals surface area contributed by atoms with Gasteiger partial charge < -0.3 is 0 Å². The van der Waals surface area contributed by atoms with Crippen molar-refractivity contribution in [2.45, 2.75) is 18.9 Å². The highest BCUT2D eigenvalue weighted by molar-refractivity contribution is 5.60. The second-order valence-corrected chi connectivity index (χ2v) is 3.68. The fraction of sp³-hybridized carbons (Fsp3) is 0.273. The number of nitrogens with zero attached hydrogens (tertiary/aromatic N) is 3. The van der Waals surface area contributed by atoms with Crippen LogP contribution in [0.5, 0.6) is 0 Å². The van der Waals surface area contributed by atoms with Crippen molar-refractivity contribution in [1.82, 2.24) is 14.8 Å². The van der Waals surface area contributed by atoms with Crippen LogP contribution in [0.15, 0.2) is 36.9 Å². The standard InChI is InChI=1S/C11H11N3/c1-2-11(1)14-8-10(7-13-14)9-3-5-12-6-4-9/h3-8,11H,1-2H2. The van der Waals surface area contributed by atoms with Crippen molar-refractivity contribution in [2.75, 3.05) is 0 Å². The van der Waals surface area contributed by atoms with E-state index in [1.54, 1.807) is 0 Å². The topological polar surface area (TPSA) is 30.7 Å². The van der Waals surface area contributed by atoms with Crippen molar-refractivity contribution in [3.8, 4) is 11.1 Å². The molecule has 3 rings (SSSR count). The zero-order chi connectivity index (χ0) is 9.38. The summed E-state index contributed by atoms with van der Waals surface area (Å²) in [5.41, 5.74) is 2.37. The summed E-state index contributed by atoms with van der Waals surface area (Å²) in [6, 6.07) is 4.67. The van der Waals surface area contributed by atoms with E-state index in [1.165, 1.54) is 24.0 Å². The van der Waals surface area contributed by atoms with Gasteiger partial charge in [-0.15, -0.1) is 0 Å². The van der Waals surface area contributed by atoms with Crippen LogP contribution in [0.3, 0.4) is 0 Å². The highest BCUT2D eigenvalue weighted by Crippen LogP contribution is 2.35. The van der Waals surface area contributed by atoms with Crippen LogP contribution < -0.4 is 0 Å². The maximum Gasteiger partial charge on any atom is 0.0568 e. The SMILES string of the molecule is c1cc(-c2cnn(C3CC3)c2)ccn1. The van der Waals surface area contributed by atoms with Gasteiger partial charge in [0.25, 0.3) is 0 Å². The molecule has 0 aliphatic heterocycles. The van der Waals surface area contributed by atoms with Crippen LogP contribution in [0.25, 0.3) is 11.1 Å². The van der Waals surface area contributed by atoms with Gasteiger partial charge in [0, 0.05) is 24.2 Å². The van der Waals surface area contributed by atoms with E-state index < -0.39 is 0 Å². The molecule has 2 aromatic rings. The van der Waals surface area contributed by atoms with Gasteiger partial charge in [-0.2, -0.15) is 5.10 Å². The lowest BCUT2D eigenvalue weighted by atomic mass is 10.1. The molecule has 2 heterocycles. The minimum absolute atomic E-state index is 0.658. The lowest BCUT2D eigenvalue weighted by molar-refractivity contribution is 0.642. The molecule has 3 nitrogen and oxygen atoms in total. The molecule has 0 radical (unpaired) electrons. The first kappa shape index (κ1) is 7.74. The summed E-state index contributed by atoms with van der Waals surface area (Å²) in [5.74, 6) is 0.